The molecule has 0 fully saturated rings. The molecule has 0 aliphatic heterocycles. The number of amides is 1. The maximum atomic E-state index is 11.6. The molecular weight excluding hydrogens is 435 g/mol. The lowest BCUT2D eigenvalue weighted by atomic mass is 10.00. The molecule has 3 rings (SSSR count). The second-order valence-electron chi connectivity index (χ2n) is 7.04. The lowest BCUT2D eigenvalue weighted by molar-refractivity contribution is 0.1000. The lowest BCUT2D eigenvalue weighted by Crippen LogP contribution is -2.11. The molecule has 0 saturated carbocycles. The summed E-state index contributed by atoms with van der Waals surface area (Å²) in [6, 6.07) is 6.97. The van der Waals surface area contributed by atoms with Crippen LogP contribution < -0.4 is 5.73 Å². The molecule has 2 heterocycles. The first-order valence-corrected chi connectivity index (χ1v) is 10.2. The Morgan fingerprint density at radius 3 is 2.32 bits per heavy atom. The number of aromatic nitrogens is 3. The first kappa shape index (κ1) is 22.6. The molecule has 8 heteroatoms. The van der Waals surface area contributed by atoms with Gasteiger partial charge in [0.25, 0.3) is 0 Å². The fraction of sp³-hybridized carbons (Fsp3) is 0.174. The predicted molar refractivity (Wildman–Crippen MR) is 124 cm³/mol. The van der Waals surface area contributed by atoms with Crippen molar-refractivity contribution in [2.75, 3.05) is 7.11 Å². The molecule has 0 aliphatic carbocycles. The van der Waals surface area contributed by atoms with Crippen LogP contribution >= 0.6 is 23.2 Å². The lowest BCUT2D eigenvalue weighted by Gasteiger charge is -2.13. The highest BCUT2D eigenvalue weighted by atomic mass is 35.5. The Hall–Kier alpha value is -3.09. The Labute approximate surface area is 190 Å². The maximum Gasteiger partial charge on any atom is 0.250 e. The third kappa shape index (κ3) is 4.98. The molecule has 160 valence electrons. The van der Waals surface area contributed by atoms with E-state index in [0.29, 0.717) is 26.9 Å². The van der Waals surface area contributed by atoms with E-state index >= 15 is 0 Å². The van der Waals surface area contributed by atoms with E-state index in [9.17, 15) is 4.79 Å². The Morgan fingerprint density at radius 2 is 1.71 bits per heavy atom. The van der Waals surface area contributed by atoms with E-state index < -0.39 is 5.91 Å². The number of nitrogens with two attached hydrogens (primary N) is 1. The smallest absolute Gasteiger partial charge is 0.250 e. The van der Waals surface area contributed by atoms with Gasteiger partial charge in [0.1, 0.15) is 5.76 Å². The maximum absolute atomic E-state index is 11.6. The number of nitrogens with zero attached hydrogens (tertiary/aromatic N) is 3. The van der Waals surface area contributed by atoms with Gasteiger partial charge in [0, 0.05) is 33.6 Å². The fourth-order valence-electron chi connectivity index (χ4n) is 3.27. The van der Waals surface area contributed by atoms with E-state index in [2.05, 4.69) is 10.1 Å². The van der Waals surface area contributed by atoms with Crippen LogP contribution in [0.2, 0.25) is 10.0 Å². The zero-order valence-electron chi connectivity index (χ0n) is 17.6. The van der Waals surface area contributed by atoms with E-state index in [4.69, 9.17) is 33.7 Å². The summed E-state index contributed by atoms with van der Waals surface area (Å²) < 4.78 is 7.28. The number of primary amides is 1. The Kier molecular flexibility index (Phi) is 6.83. The summed E-state index contributed by atoms with van der Waals surface area (Å²) in [5.74, 6) is 0.119. The minimum Gasteiger partial charge on any atom is -0.501 e. The quantitative estimate of drug-likeness (QED) is 0.394. The Bertz CT molecular complexity index is 1190. The van der Waals surface area contributed by atoms with Crippen molar-refractivity contribution in [2.24, 2.45) is 5.73 Å². The molecule has 2 aromatic heterocycles. The molecule has 0 spiro atoms. The summed E-state index contributed by atoms with van der Waals surface area (Å²) in [6.07, 6.45) is 6.84. The third-order valence-corrected chi connectivity index (χ3v) is 5.23. The predicted octanol–water partition coefficient (Wildman–Crippen LogP) is 5.46. The van der Waals surface area contributed by atoms with Crippen LogP contribution in [0.15, 0.2) is 54.7 Å². The van der Waals surface area contributed by atoms with E-state index in [1.165, 1.54) is 6.20 Å². The summed E-state index contributed by atoms with van der Waals surface area (Å²) in [5.41, 5.74) is 10.8. The van der Waals surface area contributed by atoms with Crippen LogP contribution in [0.1, 0.15) is 41.0 Å². The molecule has 0 atom stereocenters. The van der Waals surface area contributed by atoms with E-state index in [0.717, 1.165) is 28.1 Å². The SMILES string of the molecule is CO/C(C)=C(/C=C(\C)c1c(C)cnn1-c1cc(Cl)cc(Cl)c1)c1cncc(C(N)=O)c1. The highest BCUT2D eigenvalue weighted by molar-refractivity contribution is 6.34. The highest BCUT2D eigenvalue weighted by Gasteiger charge is 2.15. The first-order valence-electron chi connectivity index (χ1n) is 9.41. The van der Waals surface area contributed by atoms with Crippen molar-refractivity contribution >= 4 is 40.3 Å². The van der Waals surface area contributed by atoms with Crippen molar-refractivity contribution in [1.82, 2.24) is 14.8 Å². The second-order valence-corrected chi connectivity index (χ2v) is 7.92. The van der Waals surface area contributed by atoms with Crippen molar-refractivity contribution in [1.29, 1.82) is 0 Å². The number of carbonyl (C=O) groups excluding carboxylic acids is 1. The zero-order chi connectivity index (χ0) is 22.7. The monoisotopic (exact) mass is 456 g/mol. The number of benzene rings is 1. The number of methoxy groups -OCH3 is 1. The van der Waals surface area contributed by atoms with Crippen LogP contribution in [0.5, 0.6) is 0 Å². The van der Waals surface area contributed by atoms with Crippen LogP contribution in [-0.2, 0) is 4.74 Å². The molecule has 0 radical (unpaired) electrons. The van der Waals surface area contributed by atoms with Gasteiger partial charge in [-0.15, -0.1) is 0 Å². The van der Waals surface area contributed by atoms with Gasteiger partial charge in [0.15, 0.2) is 0 Å². The van der Waals surface area contributed by atoms with Crippen LogP contribution in [0.4, 0.5) is 0 Å². The molecule has 0 aliphatic rings. The van der Waals surface area contributed by atoms with Crippen LogP contribution in [0.25, 0.3) is 16.8 Å². The molecule has 1 amide bonds. The van der Waals surface area contributed by atoms with Gasteiger partial charge in [-0.2, -0.15) is 5.10 Å². The summed E-state index contributed by atoms with van der Waals surface area (Å²) in [7, 11) is 1.59. The largest absolute Gasteiger partial charge is 0.501 e. The molecule has 0 saturated heterocycles. The van der Waals surface area contributed by atoms with E-state index in [1.807, 2.05) is 26.8 Å². The minimum atomic E-state index is -0.545. The normalized spacial score (nSPS) is 12.5. The standard InChI is InChI=1S/C23H22Cl2N4O2/c1-13(5-21(15(3)31-4)16-6-17(23(26)30)12-27-11-16)22-14(2)10-28-29(22)20-8-18(24)7-19(25)9-20/h5-12H,1-4H3,(H2,26,30)/b13-5+,21-15-. The van der Waals surface area contributed by atoms with Gasteiger partial charge in [0.2, 0.25) is 5.91 Å². The average molecular weight is 457 g/mol. The number of halogens is 2. The fourth-order valence-corrected chi connectivity index (χ4v) is 3.79. The molecule has 6 nitrogen and oxygen atoms in total. The van der Waals surface area contributed by atoms with Gasteiger partial charge in [0.05, 0.1) is 30.3 Å². The van der Waals surface area contributed by atoms with Gasteiger partial charge >= 0.3 is 0 Å². The van der Waals surface area contributed by atoms with Crippen molar-refractivity contribution < 1.29 is 9.53 Å². The van der Waals surface area contributed by atoms with Crippen molar-refractivity contribution in [2.45, 2.75) is 20.8 Å². The van der Waals surface area contributed by atoms with Crippen LogP contribution in [0, 0.1) is 6.92 Å². The number of aryl methyl sites for hydroxylation is 1. The van der Waals surface area contributed by atoms with E-state index in [-0.39, 0.29) is 0 Å². The number of pyridine rings is 1. The first-order chi connectivity index (χ1) is 14.7. The molecule has 0 unspecified atom stereocenters. The van der Waals surface area contributed by atoms with Crippen LogP contribution in [-0.4, -0.2) is 27.8 Å². The van der Waals surface area contributed by atoms with Crippen LogP contribution in [0.3, 0.4) is 0 Å². The number of allylic oxidation sites excluding steroid dienone is 4. The van der Waals surface area contributed by atoms with Gasteiger partial charge < -0.3 is 10.5 Å². The summed E-state index contributed by atoms with van der Waals surface area (Å²) in [6.45, 7) is 5.79. The summed E-state index contributed by atoms with van der Waals surface area (Å²) >= 11 is 12.4. The third-order valence-electron chi connectivity index (χ3n) is 4.80. The molecular formula is C23H22Cl2N4O2. The zero-order valence-corrected chi connectivity index (χ0v) is 19.1. The number of ether oxygens (including phenoxy) is 1. The molecule has 3 aromatic rings. The number of carbonyl (C=O) groups is 1. The molecule has 0 bridgehead atoms. The summed E-state index contributed by atoms with van der Waals surface area (Å²) in [4.78, 5) is 15.8. The highest BCUT2D eigenvalue weighted by Crippen LogP contribution is 2.30. The average Bonchev–Trinajstić information content (AvgIpc) is 3.12. The Balaban J connectivity index is 2.16. The number of rotatable bonds is 6. The second kappa shape index (κ2) is 9.37. The van der Waals surface area contributed by atoms with E-state index in [1.54, 1.807) is 48.5 Å². The topological polar surface area (TPSA) is 83.0 Å². The van der Waals surface area contributed by atoms with Gasteiger partial charge in [-0.3, -0.25) is 9.78 Å². The van der Waals surface area contributed by atoms with Crippen molar-refractivity contribution in [3.05, 3.63) is 87.1 Å². The number of hydrogen-bond donors (Lipinski definition) is 1. The number of hydrogen-bond acceptors (Lipinski definition) is 4. The Morgan fingerprint density at radius 1 is 1.06 bits per heavy atom. The molecule has 2 N–H and O–H groups in total. The molecule has 1 aromatic carbocycles. The van der Waals surface area contributed by atoms with Crippen molar-refractivity contribution in [3.8, 4) is 5.69 Å². The summed E-state index contributed by atoms with van der Waals surface area (Å²) in [5, 5.41) is 5.55. The van der Waals surface area contributed by atoms with Gasteiger partial charge in [-0.05, 0) is 62.2 Å². The molecule has 31 heavy (non-hydrogen) atoms. The minimum absolute atomic E-state index is 0.319. The van der Waals surface area contributed by atoms with Gasteiger partial charge in [-0.25, -0.2) is 4.68 Å². The van der Waals surface area contributed by atoms with Crippen molar-refractivity contribution in [3.63, 3.8) is 0 Å². The van der Waals surface area contributed by atoms with Gasteiger partial charge in [-0.1, -0.05) is 23.2 Å².